The number of halogens is 1. The highest BCUT2D eigenvalue weighted by Gasteiger charge is 2.17. The Bertz CT molecular complexity index is 1150. The number of benzene rings is 2. The van der Waals surface area contributed by atoms with E-state index in [1.807, 2.05) is 20.8 Å². The zero-order valence-corrected chi connectivity index (χ0v) is 16.1. The molecule has 0 fully saturated rings. The number of carbonyl (C=O) groups is 1. The summed E-state index contributed by atoms with van der Waals surface area (Å²) in [7, 11) is 0. The van der Waals surface area contributed by atoms with Crippen LogP contribution < -0.4 is 16.6 Å². The van der Waals surface area contributed by atoms with Crippen LogP contribution in [-0.4, -0.2) is 21.1 Å². The quantitative estimate of drug-likeness (QED) is 0.750. The maximum atomic E-state index is 13.1. The van der Waals surface area contributed by atoms with Gasteiger partial charge >= 0.3 is 5.69 Å². The zero-order chi connectivity index (χ0) is 19.7. The largest absolute Gasteiger partial charge is 0.352 e. The van der Waals surface area contributed by atoms with Gasteiger partial charge in [-0.3, -0.25) is 14.2 Å². The van der Waals surface area contributed by atoms with Crippen molar-refractivity contribution in [1.29, 1.82) is 0 Å². The first kappa shape index (κ1) is 18.9. The first-order valence-corrected chi connectivity index (χ1v) is 8.98. The van der Waals surface area contributed by atoms with Crippen molar-refractivity contribution < 1.29 is 4.79 Å². The smallest absolute Gasteiger partial charge is 0.336 e. The van der Waals surface area contributed by atoms with Gasteiger partial charge in [-0.2, -0.15) is 0 Å². The van der Waals surface area contributed by atoms with Crippen molar-refractivity contribution in [1.82, 2.24) is 14.5 Å². The number of hydrogen-bond acceptors (Lipinski definition) is 3. The van der Waals surface area contributed by atoms with Crippen LogP contribution in [0.2, 0.25) is 5.02 Å². The minimum absolute atomic E-state index is 0.0544. The molecule has 3 rings (SSSR count). The molecule has 3 aromatic rings. The van der Waals surface area contributed by atoms with Gasteiger partial charge in [-0.15, -0.1) is 0 Å². The molecule has 6 nitrogen and oxygen atoms in total. The summed E-state index contributed by atoms with van der Waals surface area (Å²) in [6.45, 7) is 5.34. The standard InChI is InChI=1S/C20H20ClN3O3/c1-12(2)22-18(25)11-23-17-7-5-4-6-15(17)19(26)24(20(23)27)14-9-8-13(3)16(21)10-14/h4-10,12H,11H2,1-3H3,(H,22,25). The molecule has 1 aromatic heterocycles. The molecular formula is C20H20ClN3O3. The normalized spacial score (nSPS) is 11.1. The topological polar surface area (TPSA) is 73.1 Å². The third kappa shape index (κ3) is 3.66. The average molecular weight is 386 g/mol. The van der Waals surface area contributed by atoms with Gasteiger partial charge in [-0.05, 0) is 50.6 Å². The molecule has 0 spiro atoms. The molecule has 0 aliphatic rings. The van der Waals surface area contributed by atoms with E-state index in [0.29, 0.717) is 21.6 Å². The fourth-order valence-corrected chi connectivity index (χ4v) is 3.11. The summed E-state index contributed by atoms with van der Waals surface area (Å²) in [4.78, 5) is 38.4. The van der Waals surface area contributed by atoms with Crippen LogP contribution >= 0.6 is 11.6 Å². The second-order valence-corrected chi connectivity index (χ2v) is 7.09. The van der Waals surface area contributed by atoms with Gasteiger partial charge in [0, 0.05) is 11.1 Å². The second kappa shape index (κ2) is 7.40. The van der Waals surface area contributed by atoms with E-state index in [9.17, 15) is 14.4 Å². The number of aromatic nitrogens is 2. The van der Waals surface area contributed by atoms with Gasteiger partial charge < -0.3 is 5.32 Å². The van der Waals surface area contributed by atoms with Gasteiger partial charge in [-0.25, -0.2) is 9.36 Å². The van der Waals surface area contributed by atoms with Gasteiger partial charge in [0.25, 0.3) is 5.56 Å². The predicted octanol–water partition coefficient (Wildman–Crippen LogP) is 2.64. The highest BCUT2D eigenvalue weighted by Crippen LogP contribution is 2.18. The Hall–Kier alpha value is -2.86. The lowest BCUT2D eigenvalue weighted by molar-refractivity contribution is -0.122. The molecule has 1 heterocycles. The molecule has 7 heteroatoms. The van der Waals surface area contributed by atoms with Crippen LogP contribution in [0.3, 0.4) is 0 Å². The lowest BCUT2D eigenvalue weighted by atomic mass is 10.2. The van der Waals surface area contributed by atoms with Crippen molar-refractivity contribution in [2.45, 2.75) is 33.4 Å². The minimum Gasteiger partial charge on any atom is -0.352 e. The number of carbonyl (C=O) groups excluding carboxylic acids is 1. The number of aryl methyl sites for hydroxylation is 1. The SMILES string of the molecule is Cc1ccc(-n2c(=O)c3ccccc3n(CC(=O)NC(C)C)c2=O)cc1Cl. The van der Waals surface area contributed by atoms with Crippen LogP contribution in [0.15, 0.2) is 52.1 Å². The van der Waals surface area contributed by atoms with E-state index in [0.717, 1.165) is 10.1 Å². The maximum Gasteiger partial charge on any atom is 0.336 e. The molecule has 2 aromatic carbocycles. The molecule has 1 amide bonds. The fourth-order valence-electron chi connectivity index (χ4n) is 2.93. The minimum atomic E-state index is -0.586. The lowest BCUT2D eigenvalue weighted by Crippen LogP contribution is -2.42. The highest BCUT2D eigenvalue weighted by molar-refractivity contribution is 6.31. The first-order valence-electron chi connectivity index (χ1n) is 8.60. The Labute approximate surface area is 161 Å². The Balaban J connectivity index is 2.29. The summed E-state index contributed by atoms with van der Waals surface area (Å²) in [5.74, 6) is -0.301. The molecule has 0 unspecified atom stereocenters. The fraction of sp³-hybridized carbons (Fsp3) is 0.250. The van der Waals surface area contributed by atoms with Crippen molar-refractivity contribution >= 4 is 28.4 Å². The molecule has 0 saturated carbocycles. The summed E-state index contributed by atoms with van der Waals surface area (Å²) in [6, 6.07) is 11.7. The van der Waals surface area contributed by atoms with Crippen molar-refractivity contribution in [2.75, 3.05) is 0 Å². The summed E-state index contributed by atoms with van der Waals surface area (Å²) in [5.41, 5.74) is 0.588. The van der Waals surface area contributed by atoms with Crippen molar-refractivity contribution in [2.24, 2.45) is 0 Å². The second-order valence-electron chi connectivity index (χ2n) is 6.68. The average Bonchev–Trinajstić information content (AvgIpc) is 2.61. The number of para-hydroxylation sites is 1. The van der Waals surface area contributed by atoms with E-state index < -0.39 is 11.2 Å². The van der Waals surface area contributed by atoms with E-state index in [1.54, 1.807) is 42.5 Å². The molecule has 140 valence electrons. The number of nitrogens with zero attached hydrogens (tertiary/aromatic N) is 2. The summed E-state index contributed by atoms with van der Waals surface area (Å²) in [5, 5.41) is 3.57. The van der Waals surface area contributed by atoms with Crippen molar-refractivity contribution in [3.8, 4) is 5.69 Å². The maximum absolute atomic E-state index is 13.1. The van der Waals surface area contributed by atoms with Gasteiger partial charge in [0.1, 0.15) is 6.54 Å². The van der Waals surface area contributed by atoms with Crippen molar-refractivity contribution in [3.63, 3.8) is 0 Å². The predicted molar refractivity (Wildman–Crippen MR) is 107 cm³/mol. The summed E-state index contributed by atoms with van der Waals surface area (Å²) >= 11 is 6.18. The number of rotatable bonds is 4. The third-order valence-corrected chi connectivity index (χ3v) is 4.62. The van der Waals surface area contributed by atoms with Crippen LogP contribution in [0.25, 0.3) is 16.6 Å². The van der Waals surface area contributed by atoms with Crippen LogP contribution in [0.4, 0.5) is 0 Å². The molecule has 27 heavy (non-hydrogen) atoms. The highest BCUT2D eigenvalue weighted by atomic mass is 35.5. The van der Waals surface area contributed by atoms with E-state index in [1.165, 1.54) is 4.57 Å². The molecule has 0 bridgehead atoms. The summed E-state index contributed by atoms with van der Waals surface area (Å²) < 4.78 is 2.36. The van der Waals surface area contributed by atoms with E-state index >= 15 is 0 Å². The number of nitrogens with one attached hydrogen (secondary N) is 1. The molecule has 0 saturated heterocycles. The molecule has 0 aliphatic heterocycles. The van der Waals surface area contributed by atoms with Crippen LogP contribution in [0.1, 0.15) is 19.4 Å². The van der Waals surface area contributed by atoms with Gasteiger partial charge in [0.15, 0.2) is 0 Å². The van der Waals surface area contributed by atoms with E-state index in [2.05, 4.69) is 5.32 Å². The molecule has 0 atom stereocenters. The van der Waals surface area contributed by atoms with E-state index in [-0.39, 0.29) is 18.5 Å². The Morgan fingerprint density at radius 1 is 1.15 bits per heavy atom. The van der Waals surface area contributed by atoms with Crippen LogP contribution in [0.5, 0.6) is 0 Å². The van der Waals surface area contributed by atoms with Crippen LogP contribution in [-0.2, 0) is 11.3 Å². The number of fused-ring (bicyclic) bond motifs is 1. The monoisotopic (exact) mass is 385 g/mol. The third-order valence-electron chi connectivity index (χ3n) is 4.22. The van der Waals surface area contributed by atoms with E-state index in [4.69, 9.17) is 11.6 Å². The Kier molecular flexibility index (Phi) is 5.19. The van der Waals surface area contributed by atoms with Gasteiger partial charge in [0.2, 0.25) is 5.91 Å². The number of hydrogen-bond donors (Lipinski definition) is 1. The van der Waals surface area contributed by atoms with Gasteiger partial charge in [-0.1, -0.05) is 29.8 Å². The lowest BCUT2D eigenvalue weighted by Gasteiger charge is -2.15. The summed E-state index contributed by atoms with van der Waals surface area (Å²) in [6.07, 6.45) is 0. The Morgan fingerprint density at radius 3 is 2.52 bits per heavy atom. The van der Waals surface area contributed by atoms with Crippen LogP contribution in [0, 0.1) is 6.92 Å². The molecule has 1 N–H and O–H groups in total. The zero-order valence-electron chi connectivity index (χ0n) is 15.3. The molecule has 0 aliphatic carbocycles. The number of amides is 1. The first-order chi connectivity index (χ1) is 12.8. The van der Waals surface area contributed by atoms with Crippen molar-refractivity contribution in [3.05, 3.63) is 73.9 Å². The molecular weight excluding hydrogens is 366 g/mol. The van der Waals surface area contributed by atoms with Gasteiger partial charge in [0.05, 0.1) is 16.6 Å². The molecule has 0 radical (unpaired) electrons. The Morgan fingerprint density at radius 2 is 1.85 bits per heavy atom.